The molecule has 1 amide bonds. The highest BCUT2D eigenvalue weighted by Crippen LogP contribution is 2.45. The van der Waals surface area contributed by atoms with Crippen LogP contribution in [0, 0.1) is 25.2 Å². The van der Waals surface area contributed by atoms with Gasteiger partial charge in [0.15, 0.2) is 6.61 Å². The number of carbonyl (C=O) groups is 1. The van der Waals surface area contributed by atoms with E-state index in [4.69, 9.17) is 9.47 Å². The van der Waals surface area contributed by atoms with Gasteiger partial charge < -0.3 is 14.0 Å². The monoisotopic (exact) mass is 582 g/mol. The normalized spacial score (nSPS) is 13.3. The molecule has 0 saturated carbocycles. The van der Waals surface area contributed by atoms with Crippen LogP contribution in [0.5, 0.6) is 11.5 Å². The molecule has 0 radical (unpaired) electrons. The van der Waals surface area contributed by atoms with E-state index in [1.165, 1.54) is 17.1 Å². The van der Waals surface area contributed by atoms with Gasteiger partial charge in [0.1, 0.15) is 18.1 Å². The standard InChI is InChI=1S/C32H30N4O3S2/c1-22-17-27(19-34-35-31(37)21-39-29-11-7-24(8-12-29)32-40-15-16-41-32)23(2)36(22)28-9-13-30(14-10-28)38-20-26-6-4-3-5-25(26)18-33/h3-14,17,19,32H,15-16,20-21H2,1-2H3,(H,35,37)/b34-19-. The molecule has 1 aliphatic heterocycles. The van der Waals surface area contributed by atoms with E-state index in [9.17, 15) is 10.1 Å². The molecule has 1 saturated heterocycles. The maximum Gasteiger partial charge on any atom is 0.277 e. The van der Waals surface area contributed by atoms with E-state index in [-0.39, 0.29) is 12.5 Å². The number of aryl methyl sites for hydroxylation is 1. The molecule has 0 atom stereocenters. The molecule has 2 heterocycles. The Labute approximate surface area is 248 Å². The molecule has 9 heteroatoms. The minimum Gasteiger partial charge on any atom is -0.489 e. The Morgan fingerprint density at radius 1 is 1.02 bits per heavy atom. The van der Waals surface area contributed by atoms with Gasteiger partial charge in [0.05, 0.1) is 22.4 Å². The number of hydrazone groups is 1. The van der Waals surface area contributed by atoms with Gasteiger partial charge in [-0.05, 0) is 67.9 Å². The first-order valence-corrected chi connectivity index (χ1v) is 15.3. The Bertz CT molecular complexity index is 1570. The van der Waals surface area contributed by atoms with Crippen molar-refractivity contribution in [1.29, 1.82) is 5.26 Å². The second kappa shape index (κ2) is 13.5. The summed E-state index contributed by atoms with van der Waals surface area (Å²) < 4.78 is 14.1. The van der Waals surface area contributed by atoms with Crippen LogP contribution in [-0.4, -0.2) is 34.8 Å². The number of ether oxygens (including phenoxy) is 2. The average Bonchev–Trinajstić information content (AvgIpc) is 3.64. The van der Waals surface area contributed by atoms with Gasteiger partial charge in [-0.3, -0.25) is 4.79 Å². The van der Waals surface area contributed by atoms with Crippen molar-refractivity contribution in [2.24, 2.45) is 5.10 Å². The molecule has 0 bridgehead atoms. The Morgan fingerprint density at radius 3 is 2.44 bits per heavy atom. The third kappa shape index (κ3) is 7.15. The van der Waals surface area contributed by atoms with Crippen LogP contribution in [0.4, 0.5) is 0 Å². The second-order valence-electron chi connectivity index (χ2n) is 9.44. The first-order chi connectivity index (χ1) is 20.0. The van der Waals surface area contributed by atoms with Crippen LogP contribution in [0.15, 0.2) is 84.0 Å². The number of benzene rings is 3. The molecule has 7 nitrogen and oxygen atoms in total. The maximum absolute atomic E-state index is 12.3. The third-order valence-electron chi connectivity index (χ3n) is 6.63. The molecular formula is C32H30N4O3S2. The van der Waals surface area contributed by atoms with Crippen LogP contribution >= 0.6 is 23.5 Å². The fourth-order valence-corrected chi connectivity index (χ4v) is 7.41. The molecule has 4 aromatic rings. The first kappa shape index (κ1) is 28.4. The predicted octanol–water partition coefficient (Wildman–Crippen LogP) is 6.55. The Morgan fingerprint density at radius 2 is 1.71 bits per heavy atom. The van der Waals surface area contributed by atoms with Crippen LogP contribution in [0.25, 0.3) is 5.69 Å². The van der Waals surface area contributed by atoms with Crippen LogP contribution in [-0.2, 0) is 11.4 Å². The van der Waals surface area contributed by atoms with Gasteiger partial charge in [0.25, 0.3) is 5.91 Å². The lowest BCUT2D eigenvalue weighted by Crippen LogP contribution is -2.24. The van der Waals surface area contributed by atoms with Crippen molar-refractivity contribution in [3.05, 3.63) is 113 Å². The highest BCUT2D eigenvalue weighted by Gasteiger charge is 2.18. The summed E-state index contributed by atoms with van der Waals surface area (Å²) in [5.41, 5.74) is 9.20. The first-order valence-electron chi connectivity index (χ1n) is 13.2. The number of aromatic nitrogens is 1. The minimum absolute atomic E-state index is 0.112. The topological polar surface area (TPSA) is 88.6 Å². The number of nitriles is 1. The van der Waals surface area contributed by atoms with E-state index < -0.39 is 0 Å². The van der Waals surface area contributed by atoms with E-state index in [0.717, 1.165) is 34.0 Å². The van der Waals surface area contributed by atoms with Crippen LogP contribution in [0.2, 0.25) is 0 Å². The van der Waals surface area contributed by atoms with Gasteiger partial charge in [-0.15, -0.1) is 23.5 Å². The zero-order valence-electron chi connectivity index (χ0n) is 22.9. The molecule has 1 aromatic heterocycles. The summed E-state index contributed by atoms with van der Waals surface area (Å²) in [5, 5.41) is 13.4. The van der Waals surface area contributed by atoms with Crippen molar-refractivity contribution in [3.8, 4) is 23.3 Å². The highest BCUT2D eigenvalue weighted by atomic mass is 32.2. The molecule has 208 valence electrons. The molecule has 1 fully saturated rings. The maximum atomic E-state index is 12.3. The molecule has 0 aliphatic carbocycles. The van der Waals surface area contributed by atoms with E-state index in [2.05, 4.69) is 33.3 Å². The highest BCUT2D eigenvalue weighted by molar-refractivity contribution is 8.19. The van der Waals surface area contributed by atoms with Crippen molar-refractivity contribution < 1.29 is 14.3 Å². The van der Waals surface area contributed by atoms with E-state index in [0.29, 0.717) is 22.5 Å². The molecule has 0 spiro atoms. The summed E-state index contributed by atoms with van der Waals surface area (Å²) in [6, 6.07) is 27.4. The minimum atomic E-state index is -0.325. The SMILES string of the molecule is Cc1cc(/C=N\NC(=O)COc2ccc(C3SCCS3)cc2)c(C)n1-c1ccc(OCc2ccccc2C#N)cc1. The van der Waals surface area contributed by atoms with Crippen molar-refractivity contribution >= 4 is 35.6 Å². The van der Waals surface area contributed by atoms with Crippen LogP contribution in [0.3, 0.4) is 0 Å². The lowest BCUT2D eigenvalue weighted by Gasteiger charge is -2.12. The molecule has 3 aromatic carbocycles. The number of hydrogen-bond acceptors (Lipinski definition) is 7. The molecule has 41 heavy (non-hydrogen) atoms. The van der Waals surface area contributed by atoms with Gasteiger partial charge in [0, 0.05) is 39.7 Å². The number of thioether (sulfide) groups is 2. The average molecular weight is 583 g/mol. The molecule has 1 N–H and O–H groups in total. The van der Waals surface area contributed by atoms with Gasteiger partial charge in [-0.25, -0.2) is 5.43 Å². The van der Waals surface area contributed by atoms with Crippen molar-refractivity contribution in [2.75, 3.05) is 18.1 Å². The van der Waals surface area contributed by atoms with Crippen molar-refractivity contribution in [1.82, 2.24) is 9.99 Å². The van der Waals surface area contributed by atoms with Crippen molar-refractivity contribution in [3.63, 3.8) is 0 Å². The number of amides is 1. The number of carbonyl (C=O) groups excluding carboxylic acids is 1. The fraction of sp³-hybridized carbons (Fsp3) is 0.219. The fourth-order valence-electron chi connectivity index (χ4n) is 4.55. The summed E-state index contributed by atoms with van der Waals surface area (Å²) in [5.74, 6) is 3.42. The van der Waals surface area contributed by atoms with Gasteiger partial charge in [-0.1, -0.05) is 30.3 Å². The lowest BCUT2D eigenvalue weighted by atomic mass is 10.1. The smallest absolute Gasteiger partial charge is 0.277 e. The Hall–Kier alpha value is -4.13. The molecular weight excluding hydrogens is 553 g/mol. The van der Waals surface area contributed by atoms with E-state index in [1.54, 1.807) is 12.3 Å². The number of nitrogens with zero attached hydrogens (tertiary/aromatic N) is 3. The van der Waals surface area contributed by atoms with Gasteiger partial charge >= 0.3 is 0 Å². The van der Waals surface area contributed by atoms with Gasteiger partial charge in [-0.2, -0.15) is 10.4 Å². The second-order valence-corrected chi connectivity index (χ2v) is 12.2. The Kier molecular flexibility index (Phi) is 9.34. The quantitative estimate of drug-likeness (QED) is 0.168. The molecule has 5 rings (SSSR count). The predicted molar refractivity (Wildman–Crippen MR) is 166 cm³/mol. The summed E-state index contributed by atoms with van der Waals surface area (Å²) in [7, 11) is 0. The lowest BCUT2D eigenvalue weighted by molar-refractivity contribution is -0.123. The zero-order chi connectivity index (χ0) is 28.6. The number of rotatable bonds is 10. The van der Waals surface area contributed by atoms with Crippen LogP contribution in [0.1, 0.15) is 38.2 Å². The Balaban J connectivity index is 1.14. The summed E-state index contributed by atoms with van der Waals surface area (Å²) in [6.07, 6.45) is 1.65. The summed E-state index contributed by atoms with van der Waals surface area (Å²) in [6.45, 7) is 4.25. The largest absolute Gasteiger partial charge is 0.489 e. The molecule has 0 unspecified atom stereocenters. The number of hydrogen-bond donors (Lipinski definition) is 1. The van der Waals surface area contributed by atoms with E-state index in [1.807, 2.05) is 98.0 Å². The van der Waals surface area contributed by atoms with E-state index >= 15 is 0 Å². The van der Waals surface area contributed by atoms with Gasteiger partial charge in [0.2, 0.25) is 0 Å². The van der Waals surface area contributed by atoms with Crippen LogP contribution < -0.4 is 14.9 Å². The number of nitrogens with one attached hydrogen (secondary N) is 1. The third-order valence-corrected chi connectivity index (χ3v) is 9.74. The zero-order valence-corrected chi connectivity index (χ0v) is 24.5. The summed E-state index contributed by atoms with van der Waals surface area (Å²) in [4.78, 5) is 12.3. The van der Waals surface area contributed by atoms with Crippen molar-refractivity contribution in [2.45, 2.75) is 25.0 Å². The molecule has 1 aliphatic rings. The summed E-state index contributed by atoms with van der Waals surface area (Å²) >= 11 is 3.92.